The van der Waals surface area contributed by atoms with Gasteiger partial charge in [-0.15, -0.1) is 0 Å². The molecule has 80 valence electrons. The maximum Gasteiger partial charge on any atom is 0.319 e. The van der Waals surface area contributed by atoms with E-state index in [1.54, 1.807) is 17.1 Å². The third-order valence-corrected chi connectivity index (χ3v) is 2.42. The lowest BCUT2D eigenvalue weighted by Gasteiger charge is -2.05. The van der Waals surface area contributed by atoms with Crippen molar-refractivity contribution in [3.05, 3.63) is 34.2 Å². The first-order valence-corrected chi connectivity index (χ1v) is 5.22. The molecule has 0 aliphatic rings. The fourth-order valence-corrected chi connectivity index (χ4v) is 1.66. The molecule has 4 nitrogen and oxygen atoms in total. The molecule has 15 heavy (non-hydrogen) atoms. The highest BCUT2D eigenvalue weighted by Gasteiger charge is 2.11. The zero-order valence-corrected chi connectivity index (χ0v) is 9.67. The molecule has 0 unspecified atom stereocenters. The van der Waals surface area contributed by atoms with E-state index in [-0.39, 0.29) is 6.54 Å². The van der Waals surface area contributed by atoms with E-state index in [9.17, 15) is 8.78 Å². The number of hydrogen-bond acceptors (Lipinski definition) is 2. The minimum atomic E-state index is -2.56. The molecule has 2 aromatic heterocycles. The van der Waals surface area contributed by atoms with Crippen LogP contribution < -0.4 is 0 Å². The molecule has 2 rings (SSSR count). The lowest BCUT2D eigenvalue weighted by molar-refractivity contribution is 0.0665. The molecule has 0 aromatic carbocycles. The summed E-state index contributed by atoms with van der Waals surface area (Å²) in [6, 6.07) is 0. The van der Waals surface area contributed by atoms with Gasteiger partial charge >= 0.3 is 6.55 Å². The van der Waals surface area contributed by atoms with Crippen LogP contribution in [0.25, 0.3) is 0 Å². The summed E-state index contributed by atoms with van der Waals surface area (Å²) >= 11 is 2.11. The Balaban J connectivity index is 2.20. The molecule has 0 spiro atoms. The smallest absolute Gasteiger partial charge is 0.276 e. The van der Waals surface area contributed by atoms with Crippen LogP contribution in [0.15, 0.2) is 24.8 Å². The van der Waals surface area contributed by atoms with E-state index in [0.717, 1.165) is 8.14 Å². The van der Waals surface area contributed by atoms with Crippen LogP contribution >= 0.6 is 22.6 Å². The molecule has 2 aromatic rings. The first kappa shape index (κ1) is 10.5. The van der Waals surface area contributed by atoms with Crippen molar-refractivity contribution in [2.24, 2.45) is 0 Å². The number of nitrogens with zero attached hydrogens (tertiary/aromatic N) is 4. The van der Waals surface area contributed by atoms with Gasteiger partial charge in [0.15, 0.2) is 0 Å². The summed E-state index contributed by atoms with van der Waals surface area (Å²) in [4.78, 5) is 3.86. The number of aromatic nitrogens is 4. The van der Waals surface area contributed by atoms with Crippen LogP contribution in [-0.2, 0) is 6.54 Å². The van der Waals surface area contributed by atoms with Crippen LogP contribution in [0.1, 0.15) is 12.4 Å². The molecular weight excluding hydrogens is 317 g/mol. The van der Waals surface area contributed by atoms with Gasteiger partial charge in [0.25, 0.3) is 0 Å². The van der Waals surface area contributed by atoms with Crippen molar-refractivity contribution in [2.75, 3.05) is 0 Å². The van der Waals surface area contributed by atoms with Crippen LogP contribution in [0.2, 0.25) is 0 Å². The molecule has 0 N–H and O–H groups in total. The minimum absolute atomic E-state index is 0.250. The van der Waals surface area contributed by atoms with Crippen LogP contribution in [0.4, 0.5) is 8.78 Å². The molecule has 0 aliphatic carbocycles. The molecule has 0 saturated carbocycles. The van der Waals surface area contributed by atoms with Gasteiger partial charge in [-0.25, -0.2) is 4.98 Å². The zero-order chi connectivity index (χ0) is 10.8. The lowest BCUT2D eigenvalue weighted by atomic mass is 10.6. The maximum atomic E-state index is 12.5. The van der Waals surface area contributed by atoms with E-state index >= 15 is 0 Å². The van der Waals surface area contributed by atoms with Gasteiger partial charge in [-0.2, -0.15) is 13.9 Å². The highest BCUT2D eigenvalue weighted by atomic mass is 127. The predicted molar refractivity (Wildman–Crippen MR) is 57.5 cm³/mol. The van der Waals surface area contributed by atoms with Crippen molar-refractivity contribution in [2.45, 2.75) is 13.1 Å². The summed E-state index contributed by atoms with van der Waals surface area (Å²) in [5, 5.41) is 4.00. The Morgan fingerprint density at radius 2 is 2.27 bits per heavy atom. The van der Waals surface area contributed by atoms with E-state index < -0.39 is 6.55 Å². The summed E-state index contributed by atoms with van der Waals surface area (Å²) in [7, 11) is 0. The molecule has 7 heteroatoms. The van der Waals surface area contributed by atoms with E-state index in [0.29, 0.717) is 5.82 Å². The summed E-state index contributed by atoms with van der Waals surface area (Å²) < 4.78 is 28.3. The highest BCUT2D eigenvalue weighted by molar-refractivity contribution is 14.1. The van der Waals surface area contributed by atoms with E-state index in [2.05, 4.69) is 32.7 Å². The maximum absolute atomic E-state index is 12.5. The first-order chi connectivity index (χ1) is 7.16. The Bertz CT molecular complexity index is 451. The summed E-state index contributed by atoms with van der Waals surface area (Å²) in [6.45, 7) is -2.31. The van der Waals surface area contributed by atoms with Gasteiger partial charge in [-0.3, -0.25) is 9.25 Å². The second-order valence-electron chi connectivity index (χ2n) is 2.88. The lowest BCUT2D eigenvalue weighted by Crippen LogP contribution is -2.09. The van der Waals surface area contributed by atoms with Crippen molar-refractivity contribution in [1.82, 2.24) is 19.3 Å². The topological polar surface area (TPSA) is 35.6 Å². The molecule has 0 radical (unpaired) electrons. The summed E-state index contributed by atoms with van der Waals surface area (Å²) in [5.41, 5.74) is 0. The van der Waals surface area contributed by atoms with Crippen molar-refractivity contribution < 1.29 is 8.78 Å². The van der Waals surface area contributed by atoms with Gasteiger partial charge < -0.3 is 0 Å². The van der Waals surface area contributed by atoms with Gasteiger partial charge in [-0.05, 0) is 22.6 Å². The second-order valence-corrected chi connectivity index (χ2v) is 4.13. The highest BCUT2D eigenvalue weighted by Crippen LogP contribution is 2.13. The van der Waals surface area contributed by atoms with Crippen LogP contribution in [0.5, 0.6) is 0 Å². The number of alkyl halides is 2. The molecule has 0 atom stereocenters. The minimum Gasteiger partial charge on any atom is -0.276 e. The van der Waals surface area contributed by atoms with Gasteiger partial charge in [0.05, 0.1) is 16.3 Å². The molecule has 0 saturated heterocycles. The Morgan fingerprint density at radius 3 is 2.87 bits per heavy atom. The van der Waals surface area contributed by atoms with Gasteiger partial charge in [0.1, 0.15) is 5.82 Å². The van der Waals surface area contributed by atoms with E-state index in [1.807, 2.05) is 0 Å². The van der Waals surface area contributed by atoms with E-state index in [4.69, 9.17) is 0 Å². The Kier molecular flexibility index (Phi) is 2.98. The van der Waals surface area contributed by atoms with Crippen LogP contribution in [0.3, 0.4) is 0 Å². The molecule has 0 fully saturated rings. The normalized spacial score (nSPS) is 11.2. The number of rotatable bonds is 3. The molecule has 2 heterocycles. The summed E-state index contributed by atoms with van der Waals surface area (Å²) in [5.74, 6) is 0.296. The van der Waals surface area contributed by atoms with Crippen LogP contribution in [0, 0.1) is 3.57 Å². The SMILES string of the molecule is FC(F)n1ccnc1Cn1cc(I)cn1. The molecular formula is C8H7F2IN4. The zero-order valence-electron chi connectivity index (χ0n) is 7.52. The average molecular weight is 324 g/mol. The van der Waals surface area contributed by atoms with Gasteiger partial charge in [-0.1, -0.05) is 0 Å². The van der Waals surface area contributed by atoms with Crippen molar-refractivity contribution in [3.63, 3.8) is 0 Å². The molecule has 0 aliphatic heterocycles. The number of imidazole rings is 1. The van der Waals surface area contributed by atoms with Crippen molar-refractivity contribution >= 4 is 22.6 Å². The third kappa shape index (κ3) is 2.33. The quantitative estimate of drug-likeness (QED) is 0.811. The van der Waals surface area contributed by atoms with Crippen molar-refractivity contribution in [3.8, 4) is 0 Å². The summed E-state index contributed by atoms with van der Waals surface area (Å²) in [6.07, 6.45) is 6.05. The fourth-order valence-electron chi connectivity index (χ4n) is 1.21. The number of hydrogen-bond donors (Lipinski definition) is 0. The van der Waals surface area contributed by atoms with Crippen LogP contribution in [-0.4, -0.2) is 19.3 Å². The van der Waals surface area contributed by atoms with Crippen molar-refractivity contribution in [1.29, 1.82) is 0 Å². The van der Waals surface area contributed by atoms with Gasteiger partial charge in [0.2, 0.25) is 0 Å². The average Bonchev–Trinajstić information content (AvgIpc) is 2.75. The predicted octanol–water partition coefficient (Wildman–Crippen LogP) is 2.13. The Morgan fingerprint density at radius 1 is 1.47 bits per heavy atom. The monoisotopic (exact) mass is 324 g/mol. The largest absolute Gasteiger partial charge is 0.319 e. The Hall–Kier alpha value is -0.990. The third-order valence-electron chi connectivity index (χ3n) is 1.86. The molecule has 0 bridgehead atoms. The fraction of sp³-hybridized carbons (Fsp3) is 0.250. The van der Waals surface area contributed by atoms with Gasteiger partial charge in [0, 0.05) is 18.6 Å². The first-order valence-electron chi connectivity index (χ1n) is 4.14. The number of halogens is 3. The Labute approximate surface area is 98.1 Å². The molecule has 0 amide bonds. The second kappa shape index (κ2) is 4.25. The van der Waals surface area contributed by atoms with E-state index in [1.165, 1.54) is 12.4 Å². The standard InChI is InChI=1S/C8H7F2IN4/c9-8(10)15-2-1-12-7(15)5-14-4-6(11)3-13-14/h1-4,8H,5H2.